The normalized spacial score (nSPS) is 11.1. The molecule has 0 spiro atoms. The number of nitriles is 1. The molecular formula is C9H5F5N2O. The van der Waals surface area contributed by atoms with E-state index in [4.69, 9.17) is 5.26 Å². The van der Waals surface area contributed by atoms with Crippen molar-refractivity contribution in [3.8, 4) is 11.8 Å². The molecule has 0 radical (unpaired) electrons. The lowest BCUT2D eigenvalue weighted by atomic mass is 10.1. The third-order valence-electron chi connectivity index (χ3n) is 1.73. The van der Waals surface area contributed by atoms with Crippen LogP contribution in [0.1, 0.15) is 11.3 Å². The fourth-order valence-electron chi connectivity index (χ4n) is 1.10. The summed E-state index contributed by atoms with van der Waals surface area (Å²) in [5.41, 5.74) is -0.561. The van der Waals surface area contributed by atoms with E-state index in [1.807, 2.05) is 0 Å². The maximum Gasteiger partial charge on any atom is 0.573 e. The Morgan fingerprint density at radius 3 is 2.53 bits per heavy atom. The van der Waals surface area contributed by atoms with Gasteiger partial charge in [-0.05, 0) is 11.6 Å². The average Bonchev–Trinajstić information content (AvgIpc) is 2.21. The Morgan fingerprint density at radius 1 is 1.41 bits per heavy atom. The fourth-order valence-corrected chi connectivity index (χ4v) is 1.10. The first-order valence-electron chi connectivity index (χ1n) is 4.24. The molecule has 1 rings (SSSR count). The Bertz CT molecular complexity index is 452. The second-order valence-corrected chi connectivity index (χ2v) is 2.90. The van der Waals surface area contributed by atoms with Crippen LogP contribution >= 0.6 is 0 Å². The van der Waals surface area contributed by atoms with E-state index in [0.717, 1.165) is 0 Å². The van der Waals surface area contributed by atoms with Crippen LogP contribution < -0.4 is 4.74 Å². The molecule has 1 heterocycles. The van der Waals surface area contributed by atoms with Gasteiger partial charge in [0, 0.05) is 0 Å². The maximum absolute atomic E-state index is 13.0. The largest absolute Gasteiger partial charge is 0.573 e. The van der Waals surface area contributed by atoms with Gasteiger partial charge in [0.1, 0.15) is 6.67 Å². The Hall–Kier alpha value is -1.91. The molecule has 1 aromatic rings. The van der Waals surface area contributed by atoms with E-state index in [0.29, 0.717) is 6.07 Å². The molecule has 0 saturated heterocycles. The van der Waals surface area contributed by atoms with Crippen LogP contribution in [0.2, 0.25) is 0 Å². The van der Waals surface area contributed by atoms with Gasteiger partial charge in [0.15, 0.2) is 5.75 Å². The van der Waals surface area contributed by atoms with Crippen molar-refractivity contribution in [1.29, 1.82) is 5.26 Å². The number of rotatable bonds is 3. The number of hydrogen-bond donors (Lipinski definition) is 0. The molecule has 0 aliphatic heterocycles. The Kier molecular flexibility index (Phi) is 3.83. The predicted octanol–water partition coefficient (Wildman–Crippen LogP) is 2.65. The van der Waals surface area contributed by atoms with E-state index in [1.165, 1.54) is 0 Å². The quantitative estimate of drug-likeness (QED) is 0.613. The van der Waals surface area contributed by atoms with Crippen molar-refractivity contribution in [3.05, 3.63) is 23.3 Å². The van der Waals surface area contributed by atoms with E-state index in [9.17, 15) is 22.0 Å². The zero-order valence-corrected chi connectivity index (χ0v) is 8.18. The van der Waals surface area contributed by atoms with Crippen LogP contribution in [0.15, 0.2) is 6.07 Å². The molecule has 17 heavy (non-hydrogen) atoms. The van der Waals surface area contributed by atoms with Crippen LogP contribution in [0.25, 0.3) is 0 Å². The number of alkyl halides is 4. The third kappa shape index (κ3) is 3.55. The number of aromatic nitrogens is 1. The molecule has 0 saturated carbocycles. The Balaban J connectivity index is 3.16. The zero-order chi connectivity index (χ0) is 13.1. The molecule has 0 unspecified atom stereocenters. The van der Waals surface area contributed by atoms with Gasteiger partial charge in [0.25, 0.3) is 5.95 Å². The van der Waals surface area contributed by atoms with Crippen LogP contribution in [-0.4, -0.2) is 11.3 Å². The summed E-state index contributed by atoms with van der Waals surface area (Å²) in [6.45, 7) is -1.18. The molecule has 0 fully saturated rings. The van der Waals surface area contributed by atoms with Crippen LogP contribution in [0.3, 0.4) is 0 Å². The second kappa shape index (κ2) is 4.95. The number of halogens is 5. The van der Waals surface area contributed by atoms with E-state index >= 15 is 0 Å². The van der Waals surface area contributed by atoms with E-state index in [1.54, 1.807) is 6.07 Å². The monoisotopic (exact) mass is 252 g/mol. The summed E-state index contributed by atoms with van der Waals surface area (Å²) in [4.78, 5) is 2.98. The molecule has 8 heteroatoms. The molecule has 0 aliphatic rings. The minimum Gasteiger partial charge on any atom is -0.401 e. The van der Waals surface area contributed by atoms with Gasteiger partial charge in [-0.3, -0.25) is 0 Å². The minimum atomic E-state index is -5.08. The maximum atomic E-state index is 13.0. The molecule has 0 bridgehead atoms. The first kappa shape index (κ1) is 13.2. The molecule has 0 N–H and O–H groups in total. The third-order valence-corrected chi connectivity index (χ3v) is 1.73. The van der Waals surface area contributed by atoms with Crippen LogP contribution in [0.5, 0.6) is 5.75 Å². The molecule has 0 amide bonds. The molecule has 0 atom stereocenters. The highest BCUT2D eigenvalue weighted by atomic mass is 19.4. The van der Waals surface area contributed by atoms with Gasteiger partial charge in [-0.2, -0.15) is 9.65 Å². The topological polar surface area (TPSA) is 45.9 Å². The lowest BCUT2D eigenvalue weighted by Gasteiger charge is -2.11. The first-order chi connectivity index (χ1) is 7.87. The molecule has 3 nitrogen and oxygen atoms in total. The molecule has 0 aromatic carbocycles. The van der Waals surface area contributed by atoms with Gasteiger partial charge in [-0.1, -0.05) is 0 Å². The van der Waals surface area contributed by atoms with E-state index < -0.39 is 30.4 Å². The van der Waals surface area contributed by atoms with Crippen molar-refractivity contribution in [3.63, 3.8) is 0 Å². The van der Waals surface area contributed by atoms with Gasteiger partial charge in [0.2, 0.25) is 0 Å². The zero-order valence-electron chi connectivity index (χ0n) is 8.18. The molecule has 1 aromatic heterocycles. The van der Waals surface area contributed by atoms with Gasteiger partial charge in [-0.15, -0.1) is 13.2 Å². The number of hydrogen-bond acceptors (Lipinski definition) is 3. The first-order valence-corrected chi connectivity index (χ1v) is 4.24. The van der Waals surface area contributed by atoms with Crippen LogP contribution in [0, 0.1) is 17.3 Å². The summed E-state index contributed by atoms with van der Waals surface area (Å²) in [6, 6.07) is 2.22. The summed E-state index contributed by atoms with van der Waals surface area (Å²) < 4.78 is 64.3. The van der Waals surface area contributed by atoms with Crippen molar-refractivity contribution >= 4 is 0 Å². The SMILES string of the molecule is N#CCc1cc(OC(F)(F)F)c(F)nc1CF. The van der Waals surface area contributed by atoms with E-state index in [2.05, 4.69) is 9.72 Å². The lowest BCUT2D eigenvalue weighted by Crippen LogP contribution is -2.19. The van der Waals surface area contributed by atoms with Gasteiger partial charge in [-0.25, -0.2) is 9.37 Å². The number of ether oxygens (including phenoxy) is 1. The standard InChI is InChI=1S/C9H5F5N2O/c10-4-6-5(1-2-15)3-7(8(11)16-6)17-9(12,13)14/h3H,1,4H2. The number of pyridine rings is 1. The predicted molar refractivity (Wildman–Crippen MR) is 45.0 cm³/mol. The molecular weight excluding hydrogens is 247 g/mol. The Morgan fingerprint density at radius 2 is 2.06 bits per heavy atom. The van der Waals surface area contributed by atoms with Gasteiger partial charge < -0.3 is 4.74 Å². The Labute approximate surface area is 92.4 Å². The summed E-state index contributed by atoms with van der Waals surface area (Å²) in [5.74, 6) is -2.75. The minimum absolute atomic E-state index is 0.143. The molecule has 92 valence electrons. The average molecular weight is 252 g/mol. The van der Waals surface area contributed by atoms with E-state index in [-0.39, 0.29) is 12.0 Å². The second-order valence-electron chi connectivity index (χ2n) is 2.90. The highest BCUT2D eigenvalue weighted by molar-refractivity contribution is 5.32. The van der Waals surface area contributed by atoms with Crippen LogP contribution in [-0.2, 0) is 13.1 Å². The van der Waals surface area contributed by atoms with Gasteiger partial charge >= 0.3 is 6.36 Å². The van der Waals surface area contributed by atoms with Crippen molar-refractivity contribution < 1.29 is 26.7 Å². The summed E-state index contributed by atoms with van der Waals surface area (Å²) in [6.07, 6.45) is -5.47. The fraction of sp³-hybridized carbons (Fsp3) is 0.333. The summed E-state index contributed by atoms with van der Waals surface area (Å²) in [7, 11) is 0. The van der Waals surface area contributed by atoms with Crippen molar-refractivity contribution in [2.75, 3.05) is 0 Å². The highest BCUT2D eigenvalue weighted by Gasteiger charge is 2.33. The summed E-state index contributed by atoms with van der Waals surface area (Å²) >= 11 is 0. The van der Waals surface area contributed by atoms with Crippen molar-refractivity contribution in [2.24, 2.45) is 0 Å². The van der Waals surface area contributed by atoms with Gasteiger partial charge in [0.05, 0.1) is 18.2 Å². The lowest BCUT2D eigenvalue weighted by molar-refractivity contribution is -0.275. The highest BCUT2D eigenvalue weighted by Crippen LogP contribution is 2.27. The molecule has 0 aliphatic carbocycles. The number of nitrogens with zero attached hydrogens (tertiary/aromatic N) is 2. The van der Waals surface area contributed by atoms with Crippen molar-refractivity contribution in [1.82, 2.24) is 4.98 Å². The smallest absolute Gasteiger partial charge is 0.401 e. The van der Waals surface area contributed by atoms with Crippen LogP contribution in [0.4, 0.5) is 22.0 Å². The summed E-state index contributed by atoms with van der Waals surface area (Å²) in [5, 5.41) is 8.38. The van der Waals surface area contributed by atoms with Crippen molar-refractivity contribution in [2.45, 2.75) is 19.5 Å².